The number of hydrogen-bond donors (Lipinski definition) is 1. The Labute approximate surface area is 242 Å². The van der Waals surface area contributed by atoms with E-state index in [1.807, 2.05) is 13.8 Å². The highest BCUT2D eigenvalue weighted by Gasteiger charge is 2.33. The van der Waals surface area contributed by atoms with E-state index in [9.17, 15) is 22.8 Å². The number of hydrogen-bond acceptors (Lipinski definition) is 7. The van der Waals surface area contributed by atoms with Crippen LogP contribution in [0, 0.1) is 6.92 Å². The molecule has 1 amide bonds. The quantitative estimate of drug-likeness (QED) is 0.265. The molecule has 1 N–H and O–H groups in total. The van der Waals surface area contributed by atoms with Crippen LogP contribution in [0.3, 0.4) is 0 Å². The highest BCUT2D eigenvalue weighted by molar-refractivity contribution is 5.95. The van der Waals surface area contributed by atoms with Gasteiger partial charge in [-0.05, 0) is 83.4 Å². The Kier molecular flexibility index (Phi) is 9.08. The molecule has 1 aromatic heterocycles. The van der Waals surface area contributed by atoms with Gasteiger partial charge in [0, 0.05) is 17.7 Å². The van der Waals surface area contributed by atoms with Crippen molar-refractivity contribution in [3.05, 3.63) is 71.0 Å². The maximum absolute atomic E-state index is 13.1. The van der Waals surface area contributed by atoms with Crippen molar-refractivity contribution in [2.45, 2.75) is 71.3 Å². The van der Waals surface area contributed by atoms with E-state index in [1.54, 1.807) is 39.0 Å². The van der Waals surface area contributed by atoms with E-state index < -0.39 is 23.3 Å². The van der Waals surface area contributed by atoms with Gasteiger partial charge in [0.2, 0.25) is 0 Å². The molecule has 42 heavy (non-hydrogen) atoms. The maximum atomic E-state index is 13.1. The highest BCUT2D eigenvalue weighted by atomic mass is 19.4. The average molecular weight is 586 g/mol. The summed E-state index contributed by atoms with van der Waals surface area (Å²) in [6.07, 6.45) is -1.64. The van der Waals surface area contributed by atoms with Crippen LogP contribution in [-0.2, 0) is 15.7 Å². The summed E-state index contributed by atoms with van der Waals surface area (Å²) in [6, 6.07) is 9.86. The second-order valence-corrected chi connectivity index (χ2v) is 10.7. The number of carbonyl (C=O) groups excluding carboxylic acids is 2. The summed E-state index contributed by atoms with van der Waals surface area (Å²) in [4.78, 5) is 34.0. The van der Waals surface area contributed by atoms with Crippen LogP contribution in [0.4, 0.5) is 13.2 Å². The van der Waals surface area contributed by atoms with E-state index in [2.05, 4.69) is 15.3 Å². The van der Waals surface area contributed by atoms with Gasteiger partial charge in [-0.3, -0.25) is 4.79 Å². The standard InChI is InChI=1S/C31H34F3N3O5/c1-6-40-29(39)30(4,5)42-25-14-13-23(15-18(25)2)41-19(3)16-36-28(38)24-17-35-27(37-26(24)20-7-8-20)21-9-11-22(12-10-21)31(32,33)34/h9-15,17,19-20H,6-8,16H2,1-5H3,(H,36,38). The molecule has 1 atom stereocenters. The molecule has 1 aliphatic rings. The van der Waals surface area contributed by atoms with Crippen molar-refractivity contribution in [2.75, 3.05) is 13.2 Å². The number of nitrogens with one attached hydrogen (secondary N) is 1. The summed E-state index contributed by atoms with van der Waals surface area (Å²) in [6.45, 7) is 9.13. The topological polar surface area (TPSA) is 99.6 Å². The zero-order chi connectivity index (χ0) is 30.7. The third-order valence-corrected chi connectivity index (χ3v) is 6.66. The Morgan fingerprint density at radius 3 is 2.38 bits per heavy atom. The third kappa shape index (κ3) is 7.57. The van der Waals surface area contributed by atoms with Gasteiger partial charge in [-0.2, -0.15) is 13.2 Å². The van der Waals surface area contributed by atoms with Crippen molar-refractivity contribution in [2.24, 2.45) is 0 Å². The number of aromatic nitrogens is 2. The highest BCUT2D eigenvalue weighted by Crippen LogP contribution is 2.41. The lowest BCUT2D eigenvalue weighted by atomic mass is 10.1. The number of alkyl halides is 3. The second kappa shape index (κ2) is 12.4. The van der Waals surface area contributed by atoms with Gasteiger partial charge in [-0.15, -0.1) is 0 Å². The molecule has 0 radical (unpaired) electrons. The lowest BCUT2D eigenvalue weighted by Gasteiger charge is -2.25. The van der Waals surface area contributed by atoms with Crippen LogP contribution < -0.4 is 14.8 Å². The Morgan fingerprint density at radius 2 is 1.79 bits per heavy atom. The number of halogens is 3. The molecular formula is C31H34F3N3O5. The minimum atomic E-state index is -4.43. The number of carbonyl (C=O) groups is 2. The molecule has 2 aromatic carbocycles. The number of nitrogens with zero attached hydrogens (tertiary/aromatic N) is 2. The molecule has 0 spiro atoms. The molecule has 0 aliphatic heterocycles. The van der Waals surface area contributed by atoms with Crippen LogP contribution in [0.2, 0.25) is 0 Å². The average Bonchev–Trinajstić information content (AvgIpc) is 3.78. The van der Waals surface area contributed by atoms with Crippen LogP contribution in [-0.4, -0.2) is 46.7 Å². The van der Waals surface area contributed by atoms with Gasteiger partial charge in [-0.25, -0.2) is 14.8 Å². The molecule has 4 rings (SSSR count). The number of ether oxygens (including phenoxy) is 3. The molecule has 1 heterocycles. The molecule has 224 valence electrons. The summed E-state index contributed by atoms with van der Waals surface area (Å²) >= 11 is 0. The molecule has 1 fully saturated rings. The van der Waals surface area contributed by atoms with Crippen molar-refractivity contribution in [1.29, 1.82) is 0 Å². The van der Waals surface area contributed by atoms with E-state index in [1.165, 1.54) is 18.3 Å². The predicted octanol–water partition coefficient (Wildman–Crippen LogP) is 6.27. The summed E-state index contributed by atoms with van der Waals surface area (Å²) in [5.74, 6) is 0.651. The molecule has 0 bridgehead atoms. The molecule has 1 unspecified atom stereocenters. The number of rotatable bonds is 11. The molecule has 11 heteroatoms. The van der Waals surface area contributed by atoms with Crippen molar-refractivity contribution in [1.82, 2.24) is 15.3 Å². The zero-order valence-corrected chi connectivity index (χ0v) is 24.2. The van der Waals surface area contributed by atoms with Gasteiger partial charge in [0.25, 0.3) is 5.91 Å². The fraction of sp³-hybridized carbons (Fsp3) is 0.419. The maximum Gasteiger partial charge on any atom is 0.416 e. The van der Waals surface area contributed by atoms with Gasteiger partial charge in [0.15, 0.2) is 11.4 Å². The number of aryl methyl sites for hydroxylation is 1. The first kappa shape index (κ1) is 30.8. The smallest absolute Gasteiger partial charge is 0.416 e. The lowest BCUT2D eigenvalue weighted by molar-refractivity contribution is -0.158. The van der Waals surface area contributed by atoms with Gasteiger partial charge < -0.3 is 19.5 Å². The van der Waals surface area contributed by atoms with Crippen LogP contribution in [0.25, 0.3) is 11.4 Å². The molecule has 1 saturated carbocycles. The Balaban J connectivity index is 1.38. The van der Waals surface area contributed by atoms with Crippen LogP contribution >= 0.6 is 0 Å². The van der Waals surface area contributed by atoms with Gasteiger partial charge >= 0.3 is 12.1 Å². The number of amides is 1. The van der Waals surface area contributed by atoms with Crippen molar-refractivity contribution in [3.63, 3.8) is 0 Å². The lowest BCUT2D eigenvalue weighted by Crippen LogP contribution is -2.39. The fourth-order valence-electron chi connectivity index (χ4n) is 4.22. The van der Waals surface area contributed by atoms with Crippen molar-refractivity contribution >= 4 is 11.9 Å². The number of esters is 1. The summed E-state index contributed by atoms with van der Waals surface area (Å²) < 4.78 is 55.7. The largest absolute Gasteiger partial charge is 0.489 e. The van der Waals surface area contributed by atoms with E-state index in [-0.39, 0.29) is 36.9 Å². The minimum Gasteiger partial charge on any atom is -0.489 e. The van der Waals surface area contributed by atoms with Crippen LogP contribution in [0.5, 0.6) is 11.5 Å². The van der Waals surface area contributed by atoms with Crippen molar-refractivity contribution in [3.8, 4) is 22.9 Å². The monoisotopic (exact) mass is 585 g/mol. The molecule has 8 nitrogen and oxygen atoms in total. The Bertz CT molecular complexity index is 1440. The first-order valence-corrected chi connectivity index (χ1v) is 13.7. The fourth-order valence-corrected chi connectivity index (χ4v) is 4.22. The predicted molar refractivity (Wildman–Crippen MR) is 149 cm³/mol. The number of benzene rings is 2. The molecular weight excluding hydrogens is 551 g/mol. The van der Waals surface area contributed by atoms with Gasteiger partial charge in [-0.1, -0.05) is 12.1 Å². The second-order valence-electron chi connectivity index (χ2n) is 10.7. The molecule has 3 aromatic rings. The Morgan fingerprint density at radius 1 is 1.10 bits per heavy atom. The summed E-state index contributed by atoms with van der Waals surface area (Å²) in [7, 11) is 0. The van der Waals surface area contributed by atoms with E-state index in [0.717, 1.165) is 30.5 Å². The first-order valence-electron chi connectivity index (χ1n) is 13.7. The Hall–Kier alpha value is -4.15. The van der Waals surface area contributed by atoms with E-state index in [4.69, 9.17) is 14.2 Å². The van der Waals surface area contributed by atoms with Gasteiger partial charge in [0.1, 0.15) is 17.6 Å². The first-order chi connectivity index (χ1) is 19.8. The zero-order valence-electron chi connectivity index (χ0n) is 24.2. The summed E-state index contributed by atoms with van der Waals surface area (Å²) in [5.41, 5.74) is 0.221. The van der Waals surface area contributed by atoms with Crippen LogP contribution in [0.15, 0.2) is 48.7 Å². The van der Waals surface area contributed by atoms with Crippen LogP contribution in [0.1, 0.15) is 73.6 Å². The van der Waals surface area contributed by atoms with E-state index in [0.29, 0.717) is 28.3 Å². The molecule has 1 aliphatic carbocycles. The summed E-state index contributed by atoms with van der Waals surface area (Å²) in [5, 5.41) is 2.86. The third-order valence-electron chi connectivity index (χ3n) is 6.66. The normalized spacial score (nSPS) is 14.2. The SMILES string of the molecule is CCOC(=O)C(C)(C)Oc1ccc(OC(C)CNC(=O)c2cnc(-c3ccc(C(F)(F)F)cc3)nc2C2CC2)cc1C. The van der Waals surface area contributed by atoms with Crippen molar-refractivity contribution < 1.29 is 37.0 Å². The van der Waals surface area contributed by atoms with Gasteiger partial charge in [0.05, 0.1) is 30.0 Å². The van der Waals surface area contributed by atoms with E-state index >= 15 is 0 Å². The molecule has 0 saturated heterocycles. The minimum absolute atomic E-state index is 0.105.